The molecule has 1 heteroatoms. The summed E-state index contributed by atoms with van der Waals surface area (Å²) >= 11 is 0. The van der Waals surface area contributed by atoms with Crippen LogP contribution in [0.5, 0.6) is 0 Å². The lowest BCUT2D eigenvalue weighted by Gasteiger charge is -2.36. The molecule has 0 saturated carbocycles. The smallest absolute Gasteiger partial charge is 0.152 e. The van der Waals surface area contributed by atoms with Crippen molar-refractivity contribution in [3.05, 3.63) is 47.1 Å². The first-order chi connectivity index (χ1) is 9.22. The Bertz CT molecular complexity index is 484. The minimum Gasteiger partial charge on any atom is -0.295 e. The van der Waals surface area contributed by atoms with Gasteiger partial charge in [0, 0.05) is 0 Å². The molecule has 1 nitrogen and oxygen atoms in total. The summed E-state index contributed by atoms with van der Waals surface area (Å²) in [7, 11) is 0. The van der Waals surface area contributed by atoms with Gasteiger partial charge in [-0.1, -0.05) is 56.2 Å². The molecule has 1 aliphatic carbocycles. The molecule has 0 spiro atoms. The predicted molar refractivity (Wildman–Crippen MR) is 87.6 cm³/mol. The molecule has 1 rings (SSSR count). The van der Waals surface area contributed by atoms with Gasteiger partial charge >= 0.3 is 0 Å². The molecular weight excluding hydrogens is 244 g/mol. The molecule has 0 aromatic carbocycles. The van der Waals surface area contributed by atoms with E-state index in [1.807, 2.05) is 12.2 Å². The van der Waals surface area contributed by atoms with Gasteiger partial charge in [0.25, 0.3) is 0 Å². The van der Waals surface area contributed by atoms with Crippen LogP contribution in [0.4, 0.5) is 0 Å². The second-order valence-corrected chi connectivity index (χ2v) is 6.81. The Labute approximate surface area is 124 Å². The van der Waals surface area contributed by atoms with Crippen LogP contribution < -0.4 is 0 Å². The van der Waals surface area contributed by atoms with E-state index in [4.69, 9.17) is 0 Å². The molecule has 0 heterocycles. The summed E-state index contributed by atoms with van der Waals surface area (Å²) in [6, 6.07) is 0. The quantitative estimate of drug-likeness (QED) is 0.494. The summed E-state index contributed by atoms with van der Waals surface area (Å²) < 4.78 is 0. The fourth-order valence-corrected chi connectivity index (χ4v) is 3.24. The van der Waals surface area contributed by atoms with Crippen LogP contribution in [0.2, 0.25) is 0 Å². The highest BCUT2D eigenvalue weighted by atomic mass is 16.1. The minimum absolute atomic E-state index is 0.0824. The predicted octanol–water partition coefficient (Wildman–Crippen LogP) is 5.41. The van der Waals surface area contributed by atoms with E-state index in [0.29, 0.717) is 0 Å². The Balaban J connectivity index is 2.88. The van der Waals surface area contributed by atoms with Crippen molar-refractivity contribution in [3.63, 3.8) is 0 Å². The van der Waals surface area contributed by atoms with Gasteiger partial charge in [-0.05, 0) is 56.6 Å². The third-order valence-electron chi connectivity index (χ3n) is 3.91. The molecule has 1 atom stereocenters. The van der Waals surface area contributed by atoms with E-state index < -0.39 is 0 Å². The molecular formula is C19H28O. The molecule has 0 aromatic rings. The molecule has 110 valence electrons. The maximum atomic E-state index is 10.8. The number of carbonyl (C=O) groups is 1. The zero-order chi connectivity index (χ0) is 15.3. The van der Waals surface area contributed by atoms with E-state index in [9.17, 15) is 4.79 Å². The molecule has 1 aliphatic rings. The highest BCUT2D eigenvalue weighted by molar-refractivity contribution is 5.87. The summed E-state index contributed by atoms with van der Waals surface area (Å²) in [4.78, 5) is 10.8. The van der Waals surface area contributed by atoms with Crippen LogP contribution in [0, 0.1) is 11.3 Å². The van der Waals surface area contributed by atoms with Gasteiger partial charge in [-0.2, -0.15) is 0 Å². The summed E-state index contributed by atoms with van der Waals surface area (Å²) in [5, 5.41) is 0. The van der Waals surface area contributed by atoms with Crippen LogP contribution in [0.3, 0.4) is 0 Å². The van der Waals surface area contributed by atoms with Gasteiger partial charge in [0.05, 0.1) is 0 Å². The van der Waals surface area contributed by atoms with Gasteiger partial charge < -0.3 is 0 Å². The van der Waals surface area contributed by atoms with E-state index in [1.165, 1.54) is 24.0 Å². The molecule has 0 bridgehead atoms. The van der Waals surface area contributed by atoms with Gasteiger partial charge in [0.15, 0.2) is 5.78 Å². The molecule has 0 fully saturated rings. The number of hydrogen-bond donors (Lipinski definition) is 0. The standard InChI is InChI=1S/C19H28O/c1-14(8-7-9-17(4)20)10-11-18-16(3)12-15(2)13-19(18,5)6/h7-11,15H,12-13H2,1-6H3/b9-7+,11-10+,14-8-/t15-/m1/s1. The summed E-state index contributed by atoms with van der Waals surface area (Å²) in [6.45, 7) is 12.9. The monoisotopic (exact) mass is 272 g/mol. The van der Waals surface area contributed by atoms with Gasteiger partial charge in [-0.15, -0.1) is 0 Å². The maximum absolute atomic E-state index is 10.8. The number of allylic oxidation sites excluding steroid dienone is 8. The minimum atomic E-state index is 0.0824. The number of ketones is 1. The zero-order valence-corrected chi connectivity index (χ0v) is 13.8. The first-order valence-electron chi connectivity index (χ1n) is 7.46. The lowest BCUT2D eigenvalue weighted by Crippen LogP contribution is -2.23. The first-order valence-corrected chi connectivity index (χ1v) is 7.46. The van der Waals surface area contributed by atoms with E-state index in [1.54, 1.807) is 13.0 Å². The van der Waals surface area contributed by atoms with E-state index in [2.05, 4.69) is 46.8 Å². The van der Waals surface area contributed by atoms with Crippen molar-refractivity contribution < 1.29 is 4.79 Å². The van der Waals surface area contributed by atoms with Crippen LogP contribution in [0.25, 0.3) is 0 Å². The zero-order valence-electron chi connectivity index (χ0n) is 13.8. The average Bonchev–Trinajstić information content (AvgIpc) is 2.25. The van der Waals surface area contributed by atoms with Crippen LogP contribution in [-0.4, -0.2) is 5.78 Å². The summed E-state index contributed by atoms with van der Waals surface area (Å²) in [5.74, 6) is 0.858. The number of hydrogen-bond acceptors (Lipinski definition) is 1. The third kappa shape index (κ3) is 4.96. The van der Waals surface area contributed by atoms with E-state index in [-0.39, 0.29) is 11.2 Å². The molecule has 0 aromatic heterocycles. The average molecular weight is 272 g/mol. The number of rotatable bonds is 4. The van der Waals surface area contributed by atoms with Crippen molar-refractivity contribution in [2.24, 2.45) is 11.3 Å². The molecule has 0 amide bonds. The topological polar surface area (TPSA) is 17.1 Å². The fraction of sp³-hybridized carbons (Fsp3) is 0.526. The second-order valence-electron chi connectivity index (χ2n) is 6.81. The van der Waals surface area contributed by atoms with Crippen LogP contribution in [-0.2, 0) is 4.79 Å². The van der Waals surface area contributed by atoms with E-state index >= 15 is 0 Å². The van der Waals surface area contributed by atoms with Crippen molar-refractivity contribution in [2.45, 2.75) is 54.4 Å². The third-order valence-corrected chi connectivity index (χ3v) is 3.91. The van der Waals surface area contributed by atoms with Crippen LogP contribution in [0.15, 0.2) is 47.1 Å². The number of carbonyl (C=O) groups excluding carboxylic acids is 1. The fourth-order valence-electron chi connectivity index (χ4n) is 3.24. The summed E-state index contributed by atoms with van der Waals surface area (Å²) in [6.07, 6.45) is 12.3. The van der Waals surface area contributed by atoms with Gasteiger partial charge in [0.2, 0.25) is 0 Å². The van der Waals surface area contributed by atoms with Crippen molar-refractivity contribution in [1.82, 2.24) is 0 Å². The molecule has 0 unspecified atom stereocenters. The Kier molecular flexibility index (Phi) is 5.74. The largest absolute Gasteiger partial charge is 0.295 e. The van der Waals surface area contributed by atoms with Crippen molar-refractivity contribution >= 4 is 5.78 Å². The Morgan fingerprint density at radius 3 is 2.45 bits per heavy atom. The SMILES string of the molecule is CC(=O)/C=C/C=C(C)\C=C\C1=C(C)C[C@@H](C)CC1(C)C. The van der Waals surface area contributed by atoms with Crippen LogP contribution in [0.1, 0.15) is 54.4 Å². The van der Waals surface area contributed by atoms with Crippen molar-refractivity contribution in [2.75, 3.05) is 0 Å². The lowest BCUT2D eigenvalue weighted by atomic mass is 9.69. The van der Waals surface area contributed by atoms with E-state index in [0.717, 1.165) is 11.5 Å². The Morgan fingerprint density at radius 2 is 1.90 bits per heavy atom. The molecule has 0 N–H and O–H groups in total. The lowest BCUT2D eigenvalue weighted by molar-refractivity contribution is -0.112. The molecule has 20 heavy (non-hydrogen) atoms. The summed E-state index contributed by atoms with van der Waals surface area (Å²) in [5.41, 5.74) is 4.40. The maximum Gasteiger partial charge on any atom is 0.152 e. The van der Waals surface area contributed by atoms with Crippen molar-refractivity contribution in [3.8, 4) is 0 Å². The van der Waals surface area contributed by atoms with Crippen molar-refractivity contribution in [1.29, 1.82) is 0 Å². The second kappa shape index (κ2) is 6.88. The Morgan fingerprint density at radius 1 is 1.25 bits per heavy atom. The Hall–Kier alpha value is -1.37. The molecule has 0 aliphatic heterocycles. The van der Waals surface area contributed by atoms with Gasteiger partial charge in [-0.3, -0.25) is 4.79 Å². The van der Waals surface area contributed by atoms with Gasteiger partial charge in [-0.25, -0.2) is 0 Å². The van der Waals surface area contributed by atoms with Gasteiger partial charge in [0.1, 0.15) is 0 Å². The highest BCUT2D eigenvalue weighted by Gasteiger charge is 2.30. The highest BCUT2D eigenvalue weighted by Crippen LogP contribution is 2.43. The molecule has 0 radical (unpaired) electrons. The molecule has 0 saturated heterocycles. The first kappa shape index (κ1) is 16.7. The normalized spacial score (nSPS) is 23.9. The van der Waals surface area contributed by atoms with Crippen LogP contribution >= 0.6 is 0 Å².